The molecule has 1 saturated heterocycles. The lowest BCUT2D eigenvalue weighted by Crippen LogP contribution is -2.59. The Kier molecular flexibility index (Phi) is 4.92. The zero-order chi connectivity index (χ0) is 17.3. The second-order valence-electron chi connectivity index (χ2n) is 4.97. The van der Waals surface area contributed by atoms with Gasteiger partial charge in [0.2, 0.25) is 6.29 Å². The second kappa shape index (κ2) is 6.56. The van der Waals surface area contributed by atoms with E-state index in [1.165, 1.54) is 0 Å². The van der Waals surface area contributed by atoms with Crippen LogP contribution in [0.25, 0.3) is 0 Å². The molecular weight excluding hydrogens is 316 g/mol. The number of carbonyl (C=O) groups is 1. The van der Waals surface area contributed by atoms with Crippen molar-refractivity contribution in [2.75, 3.05) is 6.61 Å². The van der Waals surface area contributed by atoms with E-state index in [9.17, 15) is 35.4 Å². The molecule has 0 unspecified atom stereocenters. The summed E-state index contributed by atoms with van der Waals surface area (Å²) in [5.74, 6) is -3.52. The minimum Gasteiger partial charge on any atom is -0.504 e. The van der Waals surface area contributed by atoms with E-state index in [4.69, 9.17) is 14.6 Å². The highest BCUT2D eigenvalue weighted by molar-refractivity contribution is 5.91. The quantitative estimate of drug-likeness (QED) is 0.236. The molecule has 23 heavy (non-hydrogen) atoms. The van der Waals surface area contributed by atoms with Crippen LogP contribution >= 0.6 is 0 Å². The zero-order valence-electron chi connectivity index (χ0n) is 11.6. The van der Waals surface area contributed by atoms with Crippen molar-refractivity contribution in [1.29, 1.82) is 0 Å². The fraction of sp³-hybridized carbons (Fsp3) is 0.462. The molecule has 0 aliphatic carbocycles. The number of phenols is 3. The molecule has 1 heterocycles. The number of ether oxygens (including phenoxy) is 2. The Labute approximate surface area is 129 Å². The van der Waals surface area contributed by atoms with Gasteiger partial charge in [-0.3, -0.25) is 0 Å². The van der Waals surface area contributed by atoms with E-state index in [-0.39, 0.29) is 5.56 Å². The van der Waals surface area contributed by atoms with Crippen LogP contribution in [0.5, 0.6) is 17.2 Å². The van der Waals surface area contributed by atoms with Gasteiger partial charge in [-0.25, -0.2) is 4.79 Å². The van der Waals surface area contributed by atoms with Crippen LogP contribution in [0, 0.1) is 0 Å². The molecule has 10 nitrogen and oxygen atoms in total. The minimum absolute atomic E-state index is 0.366. The van der Waals surface area contributed by atoms with Gasteiger partial charge in [-0.05, 0) is 12.1 Å². The molecule has 0 saturated carbocycles. The first kappa shape index (κ1) is 17.2. The maximum absolute atomic E-state index is 11.9. The molecule has 5 atom stereocenters. The number of aromatic hydroxyl groups is 3. The van der Waals surface area contributed by atoms with Gasteiger partial charge >= 0.3 is 5.97 Å². The van der Waals surface area contributed by atoms with E-state index >= 15 is 0 Å². The van der Waals surface area contributed by atoms with Gasteiger partial charge in [-0.15, -0.1) is 0 Å². The predicted octanol–water partition coefficient (Wildman–Crippen LogP) is -2.24. The van der Waals surface area contributed by atoms with Gasteiger partial charge in [-0.2, -0.15) is 0 Å². The Morgan fingerprint density at radius 3 is 2.13 bits per heavy atom. The number of hydrogen-bond acceptors (Lipinski definition) is 10. The fourth-order valence-corrected chi connectivity index (χ4v) is 2.06. The number of rotatable bonds is 3. The predicted molar refractivity (Wildman–Crippen MR) is 70.6 cm³/mol. The molecule has 1 aliphatic heterocycles. The molecule has 0 spiro atoms. The molecule has 1 aromatic rings. The lowest BCUT2D eigenvalue weighted by atomic mass is 9.99. The molecule has 128 valence electrons. The highest BCUT2D eigenvalue weighted by Crippen LogP contribution is 2.35. The lowest BCUT2D eigenvalue weighted by Gasteiger charge is -2.39. The monoisotopic (exact) mass is 332 g/mol. The number of phenolic OH excluding ortho intramolecular Hbond substituents is 3. The van der Waals surface area contributed by atoms with E-state index in [1.807, 2.05) is 0 Å². The first-order valence-electron chi connectivity index (χ1n) is 6.52. The van der Waals surface area contributed by atoms with Crippen LogP contribution in [0.1, 0.15) is 10.4 Å². The standard InChI is InChI=1S/C13H16O10/c14-3-7-9(18)10(19)11(20)13(22-7)23-12(21)4-1-5(15)8(17)6(16)2-4/h1-2,7,9-11,13-20H,3H2/t7-,9-,10+,11-,13+/m0/s1. The van der Waals surface area contributed by atoms with Gasteiger partial charge in [0, 0.05) is 0 Å². The van der Waals surface area contributed by atoms with Crippen LogP contribution in [0.2, 0.25) is 0 Å². The van der Waals surface area contributed by atoms with Gasteiger partial charge in [0.05, 0.1) is 12.2 Å². The minimum atomic E-state index is -1.78. The van der Waals surface area contributed by atoms with Crippen molar-refractivity contribution in [2.24, 2.45) is 0 Å². The number of esters is 1. The molecule has 7 N–H and O–H groups in total. The Bertz CT molecular complexity index is 563. The van der Waals surface area contributed by atoms with Crippen molar-refractivity contribution in [1.82, 2.24) is 0 Å². The van der Waals surface area contributed by atoms with Gasteiger partial charge in [0.25, 0.3) is 0 Å². The van der Waals surface area contributed by atoms with Crippen LogP contribution in [0.15, 0.2) is 12.1 Å². The number of carbonyl (C=O) groups excluding carboxylic acids is 1. The third-order valence-corrected chi connectivity index (χ3v) is 3.38. The SMILES string of the molecule is O=C(O[C@H]1O[C@@H](CO)[C@H](O)[C@@H](O)[C@@H]1O)c1cc(O)c(O)c(O)c1. The Balaban J connectivity index is 2.16. The summed E-state index contributed by atoms with van der Waals surface area (Å²) in [6.45, 7) is -0.695. The smallest absolute Gasteiger partial charge is 0.340 e. The average Bonchev–Trinajstić information content (AvgIpc) is 2.52. The van der Waals surface area contributed by atoms with Gasteiger partial charge in [0.1, 0.15) is 24.4 Å². The first-order valence-corrected chi connectivity index (χ1v) is 6.52. The summed E-state index contributed by atoms with van der Waals surface area (Å²) in [6.07, 6.45) is -8.06. The molecule has 10 heteroatoms. The van der Waals surface area contributed by atoms with Crippen molar-refractivity contribution in [2.45, 2.75) is 30.7 Å². The molecule has 0 bridgehead atoms. The summed E-state index contributed by atoms with van der Waals surface area (Å²) in [5, 5.41) is 65.8. The summed E-state index contributed by atoms with van der Waals surface area (Å²) < 4.78 is 9.77. The van der Waals surface area contributed by atoms with Gasteiger partial charge in [0.15, 0.2) is 17.2 Å². The van der Waals surface area contributed by atoms with Crippen molar-refractivity contribution >= 4 is 5.97 Å². The molecule has 1 aliphatic rings. The van der Waals surface area contributed by atoms with Crippen LogP contribution in [-0.4, -0.2) is 79.0 Å². The molecular formula is C13H16O10. The molecule has 0 aromatic heterocycles. The normalized spacial score (nSPS) is 30.9. The topological polar surface area (TPSA) is 177 Å². The Morgan fingerprint density at radius 2 is 1.61 bits per heavy atom. The maximum atomic E-state index is 11.9. The average molecular weight is 332 g/mol. The maximum Gasteiger partial charge on any atom is 0.340 e. The summed E-state index contributed by atoms with van der Waals surface area (Å²) in [5.41, 5.74) is -0.366. The van der Waals surface area contributed by atoms with Crippen LogP contribution < -0.4 is 0 Å². The fourth-order valence-electron chi connectivity index (χ4n) is 2.06. The second-order valence-corrected chi connectivity index (χ2v) is 4.97. The number of aliphatic hydroxyl groups is 4. The molecule has 1 fully saturated rings. The Hall–Kier alpha value is -2.11. The van der Waals surface area contributed by atoms with E-state index in [0.29, 0.717) is 0 Å². The summed E-state index contributed by atoms with van der Waals surface area (Å²) in [7, 11) is 0. The van der Waals surface area contributed by atoms with E-state index < -0.39 is 60.5 Å². The van der Waals surface area contributed by atoms with Gasteiger partial charge in [-0.1, -0.05) is 0 Å². The van der Waals surface area contributed by atoms with E-state index in [2.05, 4.69) is 0 Å². The summed E-state index contributed by atoms with van der Waals surface area (Å²) in [6, 6.07) is 1.61. The van der Waals surface area contributed by atoms with Crippen LogP contribution in [0.4, 0.5) is 0 Å². The molecule has 2 rings (SSSR count). The highest BCUT2D eigenvalue weighted by atomic mass is 16.7. The van der Waals surface area contributed by atoms with Crippen molar-refractivity contribution < 1.29 is 50.0 Å². The first-order chi connectivity index (χ1) is 10.8. The van der Waals surface area contributed by atoms with E-state index in [0.717, 1.165) is 12.1 Å². The van der Waals surface area contributed by atoms with Crippen molar-refractivity contribution in [3.63, 3.8) is 0 Å². The van der Waals surface area contributed by atoms with Crippen LogP contribution in [0.3, 0.4) is 0 Å². The number of benzene rings is 1. The van der Waals surface area contributed by atoms with Crippen molar-refractivity contribution in [3.8, 4) is 17.2 Å². The Morgan fingerprint density at radius 1 is 1.04 bits per heavy atom. The van der Waals surface area contributed by atoms with E-state index in [1.54, 1.807) is 0 Å². The third kappa shape index (κ3) is 3.30. The zero-order valence-corrected chi connectivity index (χ0v) is 11.6. The lowest BCUT2D eigenvalue weighted by molar-refractivity contribution is -0.285. The summed E-state index contributed by atoms with van der Waals surface area (Å²) in [4.78, 5) is 11.9. The van der Waals surface area contributed by atoms with Gasteiger partial charge < -0.3 is 45.2 Å². The number of aliphatic hydroxyl groups excluding tert-OH is 4. The molecule has 1 aromatic carbocycles. The highest BCUT2D eigenvalue weighted by Gasteiger charge is 2.45. The number of hydrogen-bond donors (Lipinski definition) is 7. The summed E-state index contributed by atoms with van der Waals surface area (Å²) >= 11 is 0. The van der Waals surface area contributed by atoms with Crippen LogP contribution in [-0.2, 0) is 9.47 Å². The third-order valence-electron chi connectivity index (χ3n) is 3.38. The molecule has 0 radical (unpaired) electrons. The molecule has 0 amide bonds. The van der Waals surface area contributed by atoms with Crippen molar-refractivity contribution in [3.05, 3.63) is 17.7 Å². The largest absolute Gasteiger partial charge is 0.504 e.